The van der Waals surface area contributed by atoms with E-state index in [1.54, 1.807) is 19.5 Å². The lowest BCUT2D eigenvalue weighted by Gasteiger charge is -2.14. The molecular formula is C20H27F2N2O2+. The molecule has 0 bridgehead atoms. The van der Waals surface area contributed by atoms with Crippen molar-refractivity contribution in [3.8, 4) is 11.5 Å². The van der Waals surface area contributed by atoms with Gasteiger partial charge in [-0.3, -0.25) is 4.98 Å². The molecule has 0 N–H and O–H groups in total. The second kappa shape index (κ2) is 8.92. The Morgan fingerprint density at radius 3 is 2.00 bits per heavy atom. The van der Waals surface area contributed by atoms with E-state index in [-0.39, 0.29) is 18.2 Å². The van der Waals surface area contributed by atoms with Gasteiger partial charge in [0, 0.05) is 11.1 Å². The van der Waals surface area contributed by atoms with Gasteiger partial charge in [0.2, 0.25) is 12.4 Å². The first-order valence-electron chi connectivity index (χ1n) is 8.82. The number of methoxy groups -OCH3 is 1. The highest BCUT2D eigenvalue weighted by Crippen LogP contribution is 2.29. The number of aromatic nitrogens is 2. The van der Waals surface area contributed by atoms with Crippen LogP contribution >= 0.6 is 0 Å². The zero-order valence-electron chi connectivity index (χ0n) is 16.1. The van der Waals surface area contributed by atoms with E-state index in [2.05, 4.69) is 18.8 Å². The largest absolute Gasteiger partial charge is 0.495 e. The molecule has 0 aliphatic carbocycles. The summed E-state index contributed by atoms with van der Waals surface area (Å²) in [4.78, 5) is 4.11. The number of nitrogens with zero attached hydrogens (tertiary/aromatic N) is 2. The Morgan fingerprint density at radius 2 is 1.46 bits per heavy atom. The SMILES string of the molecule is COc1cncc(OC[n+]2cc(F)c(CC(C)C)c(F)c2)c1CC(C)C. The summed E-state index contributed by atoms with van der Waals surface area (Å²) in [5.41, 5.74) is 1.01. The zero-order chi connectivity index (χ0) is 19.3. The number of halogens is 2. The van der Waals surface area contributed by atoms with Crippen LogP contribution in [-0.4, -0.2) is 12.1 Å². The lowest BCUT2D eigenvalue weighted by atomic mass is 10.0. The highest BCUT2D eigenvalue weighted by molar-refractivity contribution is 5.41. The number of rotatable bonds is 8. The molecule has 0 atom stereocenters. The van der Waals surface area contributed by atoms with E-state index < -0.39 is 11.6 Å². The Labute approximate surface area is 153 Å². The van der Waals surface area contributed by atoms with Gasteiger partial charge < -0.3 is 9.47 Å². The van der Waals surface area contributed by atoms with Crippen molar-refractivity contribution in [2.75, 3.05) is 7.11 Å². The summed E-state index contributed by atoms with van der Waals surface area (Å²) in [5.74, 6) is 0.643. The number of pyridine rings is 2. The summed E-state index contributed by atoms with van der Waals surface area (Å²) in [7, 11) is 1.58. The lowest BCUT2D eigenvalue weighted by Crippen LogP contribution is -2.38. The van der Waals surface area contributed by atoms with Crippen molar-refractivity contribution in [2.45, 2.75) is 47.3 Å². The molecule has 2 rings (SSSR count). The van der Waals surface area contributed by atoms with Crippen molar-refractivity contribution in [1.29, 1.82) is 0 Å². The zero-order valence-corrected chi connectivity index (χ0v) is 16.1. The summed E-state index contributed by atoms with van der Waals surface area (Å²) in [6.45, 7) is 8.02. The third-order valence-electron chi connectivity index (χ3n) is 3.93. The van der Waals surface area contributed by atoms with Crippen LogP contribution in [0.4, 0.5) is 8.78 Å². The Hall–Kier alpha value is -2.24. The van der Waals surface area contributed by atoms with Gasteiger partial charge in [0.15, 0.2) is 17.4 Å². The maximum atomic E-state index is 14.2. The minimum absolute atomic E-state index is 0.0181. The molecule has 0 radical (unpaired) electrons. The summed E-state index contributed by atoms with van der Waals surface area (Å²) in [5, 5.41) is 0. The maximum Gasteiger partial charge on any atom is 0.292 e. The smallest absolute Gasteiger partial charge is 0.292 e. The fourth-order valence-electron chi connectivity index (χ4n) is 2.78. The molecule has 0 saturated carbocycles. The molecule has 0 saturated heterocycles. The molecule has 26 heavy (non-hydrogen) atoms. The van der Waals surface area contributed by atoms with Gasteiger partial charge in [0.25, 0.3) is 6.73 Å². The van der Waals surface area contributed by atoms with E-state index in [4.69, 9.17) is 9.47 Å². The molecule has 2 aromatic rings. The topological polar surface area (TPSA) is 35.2 Å². The average Bonchev–Trinajstić information content (AvgIpc) is 2.56. The van der Waals surface area contributed by atoms with Crippen molar-refractivity contribution in [3.05, 3.63) is 47.5 Å². The first kappa shape index (κ1) is 20.1. The molecule has 0 amide bonds. The molecule has 0 aliphatic heterocycles. The average molecular weight is 365 g/mol. The predicted molar refractivity (Wildman–Crippen MR) is 95.1 cm³/mol. The van der Waals surface area contributed by atoms with E-state index in [1.165, 1.54) is 17.0 Å². The Kier molecular flexibility index (Phi) is 6.89. The molecule has 0 unspecified atom stereocenters. The quantitative estimate of drug-likeness (QED) is 0.661. The Morgan fingerprint density at radius 1 is 0.923 bits per heavy atom. The van der Waals surface area contributed by atoms with Gasteiger partial charge in [0.1, 0.15) is 5.75 Å². The summed E-state index contributed by atoms with van der Waals surface area (Å²) in [6, 6.07) is 0. The molecule has 2 heterocycles. The van der Waals surface area contributed by atoms with Gasteiger partial charge in [-0.1, -0.05) is 27.7 Å². The van der Waals surface area contributed by atoms with Crippen LogP contribution in [0.1, 0.15) is 38.8 Å². The maximum absolute atomic E-state index is 14.2. The normalized spacial score (nSPS) is 11.3. The van der Waals surface area contributed by atoms with Crippen LogP contribution in [0.3, 0.4) is 0 Å². The van der Waals surface area contributed by atoms with Crippen LogP contribution in [0, 0.1) is 23.5 Å². The van der Waals surface area contributed by atoms with Gasteiger partial charge in [0.05, 0.1) is 19.5 Å². The summed E-state index contributed by atoms with van der Waals surface area (Å²) < 4.78 is 40.9. The van der Waals surface area contributed by atoms with E-state index in [0.717, 1.165) is 12.0 Å². The van der Waals surface area contributed by atoms with Gasteiger partial charge in [-0.15, -0.1) is 0 Å². The van der Waals surface area contributed by atoms with Crippen molar-refractivity contribution >= 4 is 0 Å². The standard InChI is InChI=1S/C20H27F2N2O2/c1-13(2)6-15-17(21)10-24(11-18(15)22)12-26-20-9-23-8-19(25-5)16(20)7-14(3)4/h8-11,13-14H,6-7,12H2,1-5H3/q+1. The van der Waals surface area contributed by atoms with Crippen LogP contribution in [0.15, 0.2) is 24.8 Å². The minimum atomic E-state index is -0.562. The second-order valence-corrected chi connectivity index (χ2v) is 7.23. The molecule has 4 nitrogen and oxygen atoms in total. The third-order valence-corrected chi connectivity index (χ3v) is 3.93. The number of hydrogen-bond acceptors (Lipinski definition) is 3. The molecule has 0 fully saturated rings. The van der Waals surface area contributed by atoms with Gasteiger partial charge >= 0.3 is 0 Å². The molecular weight excluding hydrogens is 338 g/mol. The molecule has 0 aromatic carbocycles. The molecule has 142 valence electrons. The Bertz CT molecular complexity index is 726. The van der Waals surface area contributed by atoms with Gasteiger partial charge in [-0.05, 0) is 24.7 Å². The van der Waals surface area contributed by atoms with Crippen molar-refractivity contribution in [1.82, 2.24) is 4.98 Å². The molecule has 0 aliphatic rings. The van der Waals surface area contributed by atoms with Crippen molar-refractivity contribution in [2.24, 2.45) is 11.8 Å². The highest BCUT2D eigenvalue weighted by atomic mass is 19.1. The van der Waals surface area contributed by atoms with Crippen molar-refractivity contribution in [3.63, 3.8) is 0 Å². The molecule has 2 aromatic heterocycles. The Balaban J connectivity index is 2.21. The fourth-order valence-corrected chi connectivity index (χ4v) is 2.78. The first-order chi connectivity index (χ1) is 12.3. The highest BCUT2D eigenvalue weighted by Gasteiger charge is 2.19. The summed E-state index contributed by atoms with van der Waals surface area (Å²) in [6.07, 6.45) is 6.87. The molecule has 6 heteroatoms. The second-order valence-electron chi connectivity index (χ2n) is 7.23. The van der Waals surface area contributed by atoms with Crippen LogP contribution in [0.25, 0.3) is 0 Å². The van der Waals surface area contributed by atoms with Crippen LogP contribution in [0.5, 0.6) is 11.5 Å². The van der Waals surface area contributed by atoms with Gasteiger partial charge in [-0.25, -0.2) is 0 Å². The fraction of sp³-hybridized carbons (Fsp3) is 0.500. The minimum Gasteiger partial charge on any atom is -0.495 e. The van der Waals surface area contributed by atoms with Gasteiger partial charge in [-0.2, -0.15) is 13.3 Å². The van der Waals surface area contributed by atoms with Crippen LogP contribution < -0.4 is 14.0 Å². The monoisotopic (exact) mass is 365 g/mol. The van der Waals surface area contributed by atoms with E-state index in [1.807, 2.05) is 13.8 Å². The lowest BCUT2D eigenvalue weighted by molar-refractivity contribution is -0.727. The number of ether oxygens (including phenoxy) is 2. The van der Waals surface area contributed by atoms with Crippen LogP contribution in [-0.2, 0) is 19.6 Å². The molecule has 0 spiro atoms. The van der Waals surface area contributed by atoms with E-state index in [0.29, 0.717) is 23.8 Å². The summed E-state index contributed by atoms with van der Waals surface area (Å²) >= 11 is 0. The third kappa shape index (κ3) is 5.13. The van der Waals surface area contributed by atoms with E-state index in [9.17, 15) is 8.78 Å². The predicted octanol–water partition coefficient (Wildman–Crippen LogP) is 4.09. The number of hydrogen-bond donors (Lipinski definition) is 0. The van der Waals surface area contributed by atoms with Crippen molar-refractivity contribution < 1.29 is 22.8 Å². The van der Waals surface area contributed by atoms with Crippen LogP contribution in [0.2, 0.25) is 0 Å². The first-order valence-corrected chi connectivity index (χ1v) is 8.82. The van der Waals surface area contributed by atoms with E-state index >= 15 is 0 Å².